The lowest BCUT2D eigenvalue weighted by atomic mass is 10.1. The number of hydrogen-bond acceptors (Lipinski definition) is 2. The van der Waals surface area contributed by atoms with Gasteiger partial charge in [-0.15, -0.1) is 0 Å². The number of amides is 1. The Bertz CT molecular complexity index is 1130. The van der Waals surface area contributed by atoms with Crippen molar-refractivity contribution in [2.24, 2.45) is 0 Å². The van der Waals surface area contributed by atoms with E-state index in [0.29, 0.717) is 19.4 Å². The van der Waals surface area contributed by atoms with E-state index in [1.54, 1.807) is 0 Å². The SMILES string of the molecule is Cc1cccc(Cn2c(CCNC(=O)CCc3ccccc3)nc3ccccc32)c1. The molecule has 0 fully saturated rings. The second-order valence-corrected chi connectivity index (χ2v) is 7.68. The summed E-state index contributed by atoms with van der Waals surface area (Å²) in [5.74, 6) is 1.08. The Morgan fingerprint density at radius 3 is 2.50 bits per heavy atom. The van der Waals surface area contributed by atoms with Crippen molar-refractivity contribution in [1.82, 2.24) is 14.9 Å². The largest absolute Gasteiger partial charge is 0.356 e. The van der Waals surface area contributed by atoms with Crippen LogP contribution in [0, 0.1) is 6.92 Å². The molecule has 1 amide bonds. The van der Waals surface area contributed by atoms with Crippen molar-refractivity contribution in [3.05, 3.63) is 101 Å². The first kappa shape index (κ1) is 19.9. The zero-order chi connectivity index (χ0) is 20.8. The topological polar surface area (TPSA) is 46.9 Å². The van der Waals surface area contributed by atoms with Crippen molar-refractivity contribution >= 4 is 16.9 Å². The molecule has 0 saturated carbocycles. The van der Waals surface area contributed by atoms with Gasteiger partial charge in [-0.3, -0.25) is 4.79 Å². The second-order valence-electron chi connectivity index (χ2n) is 7.68. The summed E-state index contributed by atoms with van der Waals surface area (Å²) in [4.78, 5) is 17.1. The number of benzene rings is 3. The number of fused-ring (bicyclic) bond motifs is 1. The van der Waals surface area contributed by atoms with Crippen LogP contribution in [0.2, 0.25) is 0 Å². The fraction of sp³-hybridized carbons (Fsp3) is 0.231. The van der Waals surface area contributed by atoms with E-state index in [0.717, 1.165) is 29.8 Å². The van der Waals surface area contributed by atoms with Gasteiger partial charge in [0.05, 0.1) is 11.0 Å². The van der Waals surface area contributed by atoms with Crippen LogP contribution < -0.4 is 5.32 Å². The summed E-state index contributed by atoms with van der Waals surface area (Å²) in [5.41, 5.74) is 5.82. The van der Waals surface area contributed by atoms with Gasteiger partial charge in [0.1, 0.15) is 5.82 Å². The lowest BCUT2D eigenvalue weighted by Gasteiger charge is -2.11. The minimum atomic E-state index is 0.0835. The number of nitrogens with zero attached hydrogens (tertiary/aromatic N) is 2. The summed E-state index contributed by atoms with van der Waals surface area (Å²) in [6.07, 6.45) is 1.97. The second kappa shape index (κ2) is 9.40. The fourth-order valence-corrected chi connectivity index (χ4v) is 3.79. The summed E-state index contributed by atoms with van der Waals surface area (Å²) in [5, 5.41) is 3.05. The molecular formula is C26H27N3O. The van der Waals surface area contributed by atoms with Gasteiger partial charge < -0.3 is 9.88 Å². The van der Waals surface area contributed by atoms with Gasteiger partial charge in [-0.2, -0.15) is 0 Å². The number of carbonyl (C=O) groups is 1. The van der Waals surface area contributed by atoms with Crippen LogP contribution >= 0.6 is 0 Å². The quantitative estimate of drug-likeness (QED) is 0.469. The lowest BCUT2D eigenvalue weighted by molar-refractivity contribution is -0.121. The number of imidazole rings is 1. The summed E-state index contributed by atoms with van der Waals surface area (Å²) in [6, 6.07) is 26.9. The Morgan fingerprint density at radius 1 is 0.900 bits per heavy atom. The van der Waals surface area contributed by atoms with Gasteiger partial charge in [0.2, 0.25) is 5.91 Å². The van der Waals surface area contributed by atoms with Gasteiger partial charge in [0.15, 0.2) is 0 Å². The molecule has 0 unspecified atom stereocenters. The molecule has 0 aliphatic carbocycles. The van der Waals surface area contributed by atoms with Crippen LogP contribution in [0.5, 0.6) is 0 Å². The van der Waals surface area contributed by atoms with Crippen LogP contribution in [-0.2, 0) is 24.2 Å². The van der Waals surface area contributed by atoms with E-state index in [2.05, 4.69) is 59.3 Å². The first-order chi connectivity index (χ1) is 14.7. The fourth-order valence-electron chi connectivity index (χ4n) is 3.79. The van der Waals surface area contributed by atoms with E-state index in [1.807, 2.05) is 36.4 Å². The third-order valence-electron chi connectivity index (χ3n) is 5.31. The van der Waals surface area contributed by atoms with E-state index in [1.165, 1.54) is 16.7 Å². The molecule has 0 aliphatic heterocycles. The average molecular weight is 398 g/mol. The Hall–Kier alpha value is -3.40. The number of aryl methyl sites for hydroxylation is 2. The highest BCUT2D eigenvalue weighted by Gasteiger charge is 2.11. The Morgan fingerprint density at radius 2 is 1.67 bits per heavy atom. The van der Waals surface area contributed by atoms with Crippen LogP contribution in [0.25, 0.3) is 11.0 Å². The first-order valence-corrected chi connectivity index (χ1v) is 10.5. The minimum Gasteiger partial charge on any atom is -0.356 e. The lowest BCUT2D eigenvalue weighted by Crippen LogP contribution is -2.26. The van der Waals surface area contributed by atoms with Gasteiger partial charge in [-0.1, -0.05) is 72.3 Å². The molecule has 4 aromatic rings. The van der Waals surface area contributed by atoms with E-state index in [9.17, 15) is 4.79 Å². The average Bonchev–Trinajstić information content (AvgIpc) is 3.10. The molecule has 0 atom stereocenters. The van der Waals surface area contributed by atoms with Gasteiger partial charge in [0, 0.05) is 25.9 Å². The Balaban J connectivity index is 1.41. The van der Waals surface area contributed by atoms with Crippen LogP contribution in [0.3, 0.4) is 0 Å². The maximum Gasteiger partial charge on any atom is 0.220 e. The molecule has 4 rings (SSSR count). The molecule has 1 N–H and O–H groups in total. The molecule has 0 saturated heterocycles. The summed E-state index contributed by atoms with van der Waals surface area (Å²) < 4.78 is 2.26. The maximum atomic E-state index is 12.3. The van der Waals surface area contributed by atoms with Crippen molar-refractivity contribution in [1.29, 1.82) is 0 Å². The summed E-state index contributed by atoms with van der Waals surface area (Å²) in [7, 11) is 0. The van der Waals surface area contributed by atoms with Crippen molar-refractivity contribution in [2.45, 2.75) is 32.7 Å². The van der Waals surface area contributed by atoms with Gasteiger partial charge in [0.25, 0.3) is 0 Å². The predicted octanol–water partition coefficient (Wildman–Crippen LogP) is 4.68. The number of carbonyl (C=O) groups excluding carboxylic acids is 1. The zero-order valence-electron chi connectivity index (χ0n) is 17.3. The zero-order valence-corrected chi connectivity index (χ0v) is 17.3. The van der Waals surface area contributed by atoms with Crippen LogP contribution in [0.15, 0.2) is 78.9 Å². The third-order valence-corrected chi connectivity index (χ3v) is 5.31. The number of nitrogens with one attached hydrogen (secondary N) is 1. The highest BCUT2D eigenvalue weighted by Crippen LogP contribution is 2.19. The minimum absolute atomic E-state index is 0.0835. The standard InChI is InChI=1S/C26H27N3O/c1-20-8-7-11-22(18-20)19-29-24-13-6-5-12-23(24)28-25(29)16-17-27-26(30)15-14-21-9-3-2-4-10-21/h2-13,18H,14-17,19H2,1H3,(H,27,30). The predicted molar refractivity (Wildman–Crippen MR) is 121 cm³/mol. The van der Waals surface area contributed by atoms with Crippen molar-refractivity contribution in [3.63, 3.8) is 0 Å². The monoisotopic (exact) mass is 397 g/mol. The van der Waals surface area contributed by atoms with Crippen molar-refractivity contribution in [3.8, 4) is 0 Å². The molecule has 1 heterocycles. The van der Waals surface area contributed by atoms with E-state index >= 15 is 0 Å². The molecule has 0 aliphatic rings. The van der Waals surface area contributed by atoms with Crippen LogP contribution in [-0.4, -0.2) is 22.0 Å². The smallest absolute Gasteiger partial charge is 0.220 e. The molecule has 0 radical (unpaired) electrons. The number of hydrogen-bond donors (Lipinski definition) is 1. The number of para-hydroxylation sites is 2. The van der Waals surface area contributed by atoms with Crippen molar-refractivity contribution < 1.29 is 4.79 Å². The van der Waals surface area contributed by atoms with Crippen LogP contribution in [0.4, 0.5) is 0 Å². The molecule has 4 heteroatoms. The summed E-state index contributed by atoms with van der Waals surface area (Å²) in [6.45, 7) is 3.48. The molecule has 0 spiro atoms. The van der Waals surface area contributed by atoms with Crippen LogP contribution in [0.1, 0.15) is 28.9 Å². The number of aromatic nitrogens is 2. The molecule has 3 aromatic carbocycles. The highest BCUT2D eigenvalue weighted by atomic mass is 16.1. The molecule has 4 nitrogen and oxygen atoms in total. The van der Waals surface area contributed by atoms with Gasteiger partial charge in [-0.05, 0) is 36.6 Å². The number of rotatable bonds is 8. The maximum absolute atomic E-state index is 12.3. The van der Waals surface area contributed by atoms with Gasteiger partial charge in [-0.25, -0.2) is 4.98 Å². The normalized spacial score (nSPS) is 11.0. The Labute approximate surface area is 177 Å². The van der Waals surface area contributed by atoms with Crippen molar-refractivity contribution in [2.75, 3.05) is 6.54 Å². The molecule has 0 bridgehead atoms. The molecular weight excluding hydrogens is 370 g/mol. The molecule has 152 valence electrons. The van der Waals surface area contributed by atoms with Gasteiger partial charge >= 0.3 is 0 Å². The Kier molecular flexibility index (Phi) is 6.23. The first-order valence-electron chi connectivity index (χ1n) is 10.5. The molecule has 30 heavy (non-hydrogen) atoms. The molecule has 1 aromatic heterocycles. The van der Waals surface area contributed by atoms with E-state index in [-0.39, 0.29) is 5.91 Å². The van der Waals surface area contributed by atoms with E-state index < -0.39 is 0 Å². The summed E-state index contributed by atoms with van der Waals surface area (Å²) >= 11 is 0. The van der Waals surface area contributed by atoms with E-state index in [4.69, 9.17) is 4.98 Å². The third kappa shape index (κ3) is 4.95. The highest BCUT2D eigenvalue weighted by molar-refractivity contribution is 5.77.